The van der Waals surface area contributed by atoms with Crippen molar-refractivity contribution in [2.24, 2.45) is 0 Å². The number of para-hydroxylation sites is 1. The Morgan fingerprint density at radius 1 is 1.00 bits per heavy atom. The highest BCUT2D eigenvalue weighted by molar-refractivity contribution is 6.10. The van der Waals surface area contributed by atoms with Gasteiger partial charge in [-0.2, -0.15) is 0 Å². The molecule has 2 heteroatoms. The number of H-pyrrole nitrogens is 1. The number of hydrogen-bond acceptors (Lipinski definition) is 1. The quantitative estimate of drug-likeness (QED) is 0.614. The lowest BCUT2D eigenvalue weighted by Gasteiger charge is -2.12. The molecule has 0 unspecified atom stereocenters. The van der Waals surface area contributed by atoms with E-state index in [0.717, 1.165) is 11.3 Å². The Morgan fingerprint density at radius 2 is 1.94 bits per heavy atom. The third-order valence-corrected chi connectivity index (χ3v) is 3.30. The topological polar surface area (TPSA) is 25.0 Å². The van der Waals surface area contributed by atoms with Crippen molar-refractivity contribution in [1.82, 2.24) is 4.98 Å². The third kappa shape index (κ3) is 1.15. The van der Waals surface area contributed by atoms with Gasteiger partial charge in [-0.3, -0.25) is 0 Å². The fourth-order valence-corrected chi connectivity index (χ4v) is 2.52. The fraction of sp³-hybridized carbons (Fsp3) is 0.0667. The lowest BCUT2D eigenvalue weighted by molar-refractivity contribution is 0.359. The van der Waals surface area contributed by atoms with Crippen LogP contribution in [0.2, 0.25) is 0 Å². The van der Waals surface area contributed by atoms with E-state index in [1.54, 1.807) is 0 Å². The molecule has 1 aliphatic rings. The van der Waals surface area contributed by atoms with E-state index in [2.05, 4.69) is 47.5 Å². The summed E-state index contributed by atoms with van der Waals surface area (Å²) >= 11 is 0. The van der Waals surface area contributed by atoms with Gasteiger partial charge in [-0.1, -0.05) is 18.2 Å². The lowest BCUT2D eigenvalue weighted by atomic mass is 10.1. The molecular weight excluding hydrogens is 210 g/mol. The maximum Gasteiger partial charge on any atom is 0.129 e. The molecule has 2 heterocycles. The second-order valence-electron chi connectivity index (χ2n) is 4.28. The van der Waals surface area contributed by atoms with E-state index in [9.17, 15) is 0 Å². The van der Waals surface area contributed by atoms with Gasteiger partial charge in [0, 0.05) is 21.9 Å². The molecule has 0 atom stereocenters. The zero-order valence-corrected chi connectivity index (χ0v) is 9.23. The number of nitrogens with one attached hydrogen (secondary N) is 1. The van der Waals surface area contributed by atoms with E-state index in [0.29, 0.717) is 6.61 Å². The monoisotopic (exact) mass is 221 g/mol. The summed E-state index contributed by atoms with van der Waals surface area (Å²) in [6.45, 7) is 0.665. The van der Waals surface area contributed by atoms with Crippen molar-refractivity contribution in [3.05, 3.63) is 48.0 Å². The molecule has 3 aromatic rings. The zero-order valence-electron chi connectivity index (χ0n) is 9.23. The first-order chi connectivity index (χ1) is 8.43. The summed E-state index contributed by atoms with van der Waals surface area (Å²) in [7, 11) is 0. The van der Waals surface area contributed by atoms with E-state index in [1.807, 2.05) is 6.08 Å². The van der Waals surface area contributed by atoms with Crippen molar-refractivity contribution in [1.29, 1.82) is 0 Å². The highest BCUT2D eigenvalue weighted by Gasteiger charge is 2.12. The first kappa shape index (κ1) is 8.88. The van der Waals surface area contributed by atoms with Crippen molar-refractivity contribution in [2.45, 2.75) is 0 Å². The minimum Gasteiger partial charge on any atom is -0.489 e. The summed E-state index contributed by atoms with van der Waals surface area (Å²) in [6, 6.07) is 12.6. The van der Waals surface area contributed by atoms with Crippen LogP contribution >= 0.6 is 0 Å². The molecule has 0 saturated carbocycles. The van der Waals surface area contributed by atoms with E-state index < -0.39 is 0 Å². The molecule has 17 heavy (non-hydrogen) atoms. The summed E-state index contributed by atoms with van der Waals surface area (Å²) in [5.74, 6) is 0.964. The van der Waals surface area contributed by atoms with Crippen molar-refractivity contribution in [3.63, 3.8) is 0 Å². The molecule has 0 bridgehead atoms. The molecule has 4 rings (SSSR count). The van der Waals surface area contributed by atoms with Gasteiger partial charge in [0.2, 0.25) is 0 Å². The van der Waals surface area contributed by atoms with Crippen molar-refractivity contribution >= 4 is 27.9 Å². The molecule has 0 amide bonds. The van der Waals surface area contributed by atoms with Gasteiger partial charge in [0.25, 0.3) is 0 Å². The number of benzene rings is 2. The molecule has 2 aromatic carbocycles. The van der Waals surface area contributed by atoms with Crippen LogP contribution in [-0.4, -0.2) is 11.6 Å². The standard InChI is InChI=1S/C15H11NO/c1-2-6-13-10(4-1)11-7-8-14-12(15(11)16-13)5-3-9-17-14/h1-8,16H,9H2. The van der Waals surface area contributed by atoms with Crippen molar-refractivity contribution in [3.8, 4) is 5.75 Å². The molecule has 0 spiro atoms. The largest absolute Gasteiger partial charge is 0.489 e. The molecule has 1 aromatic heterocycles. The normalized spacial score (nSPS) is 13.9. The molecule has 0 aliphatic carbocycles. The number of hydrogen-bond donors (Lipinski definition) is 1. The number of rotatable bonds is 0. The van der Waals surface area contributed by atoms with E-state index in [-0.39, 0.29) is 0 Å². The molecule has 82 valence electrons. The average Bonchev–Trinajstić information content (AvgIpc) is 2.78. The van der Waals surface area contributed by atoms with Crippen LogP contribution in [-0.2, 0) is 0 Å². The van der Waals surface area contributed by atoms with Crippen LogP contribution < -0.4 is 4.74 Å². The second kappa shape index (κ2) is 3.14. The van der Waals surface area contributed by atoms with Gasteiger partial charge < -0.3 is 9.72 Å². The van der Waals surface area contributed by atoms with Crippen LogP contribution in [0, 0.1) is 0 Å². The summed E-state index contributed by atoms with van der Waals surface area (Å²) < 4.78 is 5.62. The Labute approximate surface area is 98.5 Å². The maximum atomic E-state index is 5.62. The van der Waals surface area contributed by atoms with Gasteiger partial charge in [0.1, 0.15) is 12.4 Å². The molecule has 0 radical (unpaired) electrons. The Balaban J connectivity index is 2.22. The first-order valence-corrected chi connectivity index (χ1v) is 5.76. The Morgan fingerprint density at radius 3 is 2.94 bits per heavy atom. The number of fused-ring (bicyclic) bond motifs is 5. The van der Waals surface area contributed by atoms with Crippen LogP contribution in [0.1, 0.15) is 5.56 Å². The van der Waals surface area contributed by atoms with Crippen LogP contribution in [0.25, 0.3) is 27.9 Å². The molecule has 1 N–H and O–H groups in total. The highest BCUT2D eigenvalue weighted by atomic mass is 16.5. The van der Waals surface area contributed by atoms with E-state index in [4.69, 9.17) is 4.74 Å². The number of aromatic amines is 1. The van der Waals surface area contributed by atoms with Crippen LogP contribution in [0.5, 0.6) is 5.75 Å². The van der Waals surface area contributed by atoms with E-state index in [1.165, 1.54) is 21.8 Å². The zero-order chi connectivity index (χ0) is 11.2. The third-order valence-electron chi connectivity index (χ3n) is 3.30. The highest BCUT2D eigenvalue weighted by Crippen LogP contribution is 2.34. The predicted molar refractivity (Wildman–Crippen MR) is 70.3 cm³/mol. The SMILES string of the molecule is C1=Cc2c(ccc3c2[nH]c2ccccc23)OC1. The number of ether oxygens (including phenoxy) is 1. The maximum absolute atomic E-state index is 5.62. The molecule has 0 fully saturated rings. The van der Waals surface area contributed by atoms with Crippen LogP contribution in [0.15, 0.2) is 42.5 Å². The average molecular weight is 221 g/mol. The number of aromatic nitrogens is 1. The molecule has 0 saturated heterocycles. The lowest BCUT2D eigenvalue weighted by Crippen LogP contribution is -2.00. The minimum absolute atomic E-state index is 0.665. The van der Waals surface area contributed by atoms with Gasteiger partial charge in [-0.15, -0.1) is 0 Å². The summed E-state index contributed by atoms with van der Waals surface area (Å²) in [4.78, 5) is 3.47. The van der Waals surface area contributed by atoms with Crippen LogP contribution in [0.3, 0.4) is 0 Å². The second-order valence-corrected chi connectivity index (χ2v) is 4.28. The van der Waals surface area contributed by atoms with Crippen LogP contribution in [0.4, 0.5) is 0 Å². The molecule has 2 nitrogen and oxygen atoms in total. The van der Waals surface area contributed by atoms with Crippen molar-refractivity contribution in [2.75, 3.05) is 6.61 Å². The summed E-state index contributed by atoms with van der Waals surface area (Å²) in [6.07, 6.45) is 4.18. The van der Waals surface area contributed by atoms with Crippen molar-refractivity contribution < 1.29 is 4.74 Å². The van der Waals surface area contributed by atoms with Gasteiger partial charge in [0.05, 0.1) is 5.52 Å². The first-order valence-electron chi connectivity index (χ1n) is 5.76. The summed E-state index contributed by atoms with van der Waals surface area (Å²) in [5.41, 5.74) is 3.50. The van der Waals surface area contributed by atoms with E-state index >= 15 is 0 Å². The molecular formula is C15H11NO. The fourth-order valence-electron chi connectivity index (χ4n) is 2.52. The Bertz CT molecular complexity index is 752. The Hall–Kier alpha value is -2.22. The minimum atomic E-state index is 0.665. The van der Waals surface area contributed by atoms with Gasteiger partial charge in [-0.25, -0.2) is 0 Å². The summed E-state index contributed by atoms with van der Waals surface area (Å²) in [5, 5.41) is 2.53. The van der Waals surface area contributed by atoms with Gasteiger partial charge in [0.15, 0.2) is 0 Å². The smallest absolute Gasteiger partial charge is 0.129 e. The van der Waals surface area contributed by atoms with Gasteiger partial charge in [-0.05, 0) is 30.4 Å². The predicted octanol–water partition coefficient (Wildman–Crippen LogP) is 3.73. The van der Waals surface area contributed by atoms with Gasteiger partial charge >= 0.3 is 0 Å². The molecule has 1 aliphatic heterocycles. The Kier molecular flexibility index (Phi) is 1.64.